The second kappa shape index (κ2) is 6.12. The number of nitrogens with zero attached hydrogens (tertiary/aromatic N) is 2. The van der Waals surface area contributed by atoms with Gasteiger partial charge in [0.05, 0.1) is 7.11 Å². The Hall–Kier alpha value is -2.47. The van der Waals surface area contributed by atoms with Gasteiger partial charge < -0.3 is 20.4 Å². The molecule has 104 valence electrons. The third-order valence-electron chi connectivity index (χ3n) is 2.52. The average Bonchev–Trinajstić information content (AvgIpc) is 2.49. The number of aromatic nitrogens is 1. The van der Waals surface area contributed by atoms with Gasteiger partial charge in [0, 0.05) is 11.8 Å². The van der Waals surface area contributed by atoms with Crippen LogP contribution in [0, 0.1) is 0 Å². The summed E-state index contributed by atoms with van der Waals surface area (Å²) in [5.74, 6) is 1.02. The highest BCUT2D eigenvalue weighted by Crippen LogP contribution is 2.34. The number of para-hydroxylation sites is 2. The number of hydrogen-bond acceptors (Lipinski definition) is 5. The highest BCUT2D eigenvalue weighted by atomic mass is 35.5. The van der Waals surface area contributed by atoms with Gasteiger partial charge in [0.1, 0.15) is 5.02 Å². The van der Waals surface area contributed by atoms with E-state index in [-0.39, 0.29) is 16.7 Å². The summed E-state index contributed by atoms with van der Waals surface area (Å²) in [6.07, 6.45) is 1.45. The molecule has 0 aliphatic carbocycles. The van der Waals surface area contributed by atoms with Crippen LogP contribution in [0.25, 0.3) is 0 Å². The number of ether oxygens (including phenoxy) is 2. The summed E-state index contributed by atoms with van der Waals surface area (Å²) in [4.78, 5) is 4.02. The summed E-state index contributed by atoms with van der Waals surface area (Å²) in [5.41, 5.74) is 5.85. The first-order valence-electron chi connectivity index (χ1n) is 5.60. The summed E-state index contributed by atoms with van der Waals surface area (Å²) >= 11 is 6.13. The standard InChI is InChI=1S/C13H12ClN3O3/c1-19-9-4-2-3-5-10(9)20-13-11(14)8(6-7-16-13)12(15)17-18/h2-7,18H,1H3,(H2,15,17). The molecule has 0 unspecified atom stereocenters. The molecule has 1 heterocycles. The van der Waals surface area contributed by atoms with Crippen molar-refractivity contribution in [3.63, 3.8) is 0 Å². The van der Waals surface area contributed by atoms with Gasteiger partial charge in [0.2, 0.25) is 5.88 Å². The predicted octanol–water partition coefficient (Wildman–Crippen LogP) is 2.63. The Morgan fingerprint density at radius 2 is 2.00 bits per heavy atom. The van der Waals surface area contributed by atoms with Gasteiger partial charge in [0.25, 0.3) is 0 Å². The molecule has 0 fully saturated rings. The van der Waals surface area contributed by atoms with E-state index in [1.807, 2.05) is 6.07 Å². The second-order valence-electron chi connectivity index (χ2n) is 3.72. The minimum Gasteiger partial charge on any atom is -0.493 e. The van der Waals surface area contributed by atoms with E-state index < -0.39 is 0 Å². The van der Waals surface area contributed by atoms with Gasteiger partial charge in [-0.1, -0.05) is 28.9 Å². The number of benzene rings is 1. The van der Waals surface area contributed by atoms with Crippen molar-refractivity contribution < 1.29 is 14.7 Å². The summed E-state index contributed by atoms with van der Waals surface area (Å²) in [6, 6.07) is 8.59. The van der Waals surface area contributed by atoms with E-state index in [1.54, 1.807) is 18.2 Å². The van der Waals surface area contributed by atoms with E-state index in [0.29, 0.717) is 17.1 Å². The summed E-state index contributed by atoms with van der Waals surface area (Å²) in [7, 11) is 1.53. The van der Waals surface area contributed by atoms with Crippen molar-refractivity contribution in [1.82, 2.24) is 4.98 Å². The molecule has 0 amide bonds. The van der Waals surface area contributed by atoms with Gasteiger partial charge in [-0.05, 0) is 18.2 Å². The van der Waals surface area contributed by atoms with Crippen LogP contribution in [0.4, 0.5) is 0 Å². The van der Waals surface area contributed by atoms with E-state index in [1.165, 1.54) is 19.4 Å². The Morgan fingerprint density at radius 1 is 1.30 bits per heavy atom. The zero-order valence-electron chi connectivity index (χ0n) is 10.6. The zero-order valence-corrected chi connectivity index (χ0v) is 11.3. The lowest BCUT2D eigenvalue weighted by Gasteiger charge is -2.11. The fourth-order valence-electron chi connectivity index (χ4n) is 1.55. The second-order valence-corrected chi connectivity index (χ2v) is 4.09. The summed E-state index contributed by atoms with van der Waals surface area (Å²) in [6.45, 7) is 0. The Balaban J connectivity index is 2.40. The molecule has 0 aliphatic heterocycles. The van der Waals surface area contributed by atoms with E-state index in [4.69, 9.17) is 32.0 Å². The topological polar surface area (TPSA) is 90.0 Å². The quantitative estimate of drug-likeness (QED) is 0.391. The van der Waals surface area contributed by atoms with Crippen LogP contribution < -0.4 is 15.2 Å². The normalized spacial score (nSPS) is 11.2. The van der Waals surface area contributed by atoms with Gasteiger partial charge >= 0.3 is 0 Å². The molecule has 0 radical (unpaired) electrons. The first-order chi connectivity index (χ1) is 9.67. The minimum atomic E-state index is -0.123. The lowest BCUT2D eigenvalue weighted by Crippen LogP contribution is -2.14. The van der Waals surface area contributed by atoms with Crippen LogP contribution in [0.5, 0.6) is 17.4 Å². The summed E-state index contributed by atoms with van der Waals surface area (Å²) < 4.78 is 10.8. The van der Waals surface area contributed by atoms with Crippen LogP contribution in [0.3, 0.4) is 0 Å². The fourth-order valence-corrected chi connectivity index (χ4v) is 1.80. The van der Waals surface area contributed by atoms with E-state index >= 15 is 0 Å². The maximum Gasteiger partial charge on any atom is 0.239 e. The Labute approximate surface area is 120 Å². The van der Waals surface area contributed by atoms with Gasteiger partial charge in [-0.15, -0.1) is 0 Å². The first kappa shape index (κ1) is 14.0. The lowest BCUT2D eigenvalue weighted by molar-refractivity contribution is 0.318. The molecule has 0 bridgehead atoms. The van der Waals surface area contributed by atoms with Gasteiger partial charge in [-0.3, -0.25) is 0 Å². The molecule has 6 nitrogen and oxygen atoms in total. The molecule has 1 aromatic carbocycles. The molecule has 0 spiro atoms. The molecule has 1 aromatic heterocycles. The maximum absolute atomic E-state index is 8.70. The minimum absolute atomic E-state index is 0.123. The molecule has 7 heteroatoms. The van der Waals surface area contributed by atoms with Crippen LogP contribution in [-0.2, 0) is 0 Å². The molecule has 2 aromatic rings. The third-order valence-corrected chi connectivity index (χ3v) is 2.88. The van der Waals surface area contributed by atoms with Crippen molar-refractivity contribution in [2.45, 2.75) is 0 Å². The van der Waals surface area contributed by atoms with Crippen LogP contribution in [-0.4, -0.2) is 23.1 Å². The van der Waals surface area contributed by atoms with Crippen LogP contribution >= 0.6 is 11.6 Å². The smallest absolute Gasteiger partial charge is 0.239 e. The van der Waals surface area contributed by atoms with Crippen molar-refractivity contribution >= 4 is 17.4 Å². The van der Waals surface area contributed by atoms with Crippen molar-refractivity contribution in [2.75, 3.05) is 7.11 Å². The number of hydrogen-bond donors (Lipinski definition) is 2. The monoisotopic (exact) mass is 293 g/mol. The lowest BCUT2D eigenvalue weighted by atomic mass is 10.2. The van der Waals surface area contributed by atoms with Gasteiger partial charge in [-0.2, -0.15) is 0 Å². The maximum atomic E-state index is 8.70. The molecule has 20 heavy (non-hydrogen) atoms. The Kier molecular flexibility index (Phi) is 4.27. The third kappa shape index (κ3) is 2.75. The fraction of sp³-hybridized carbons (Fsp3) is 0.0769. The first-order valence-corrected chi connectivity index (χ1v) is 5.98. The zero-order chi connectivity index (χ0) is 14.5. The number of halogens is 1. The van der Waals surface area contributed by atoms with Crippen molar-refractivity contribution in [3.8, 4) is 17.4 Å². The molecule has 0 atom stereocenters. The number of amidine groups is 1. The highest BCUT2D eigenvalue weighted by molar-refractivity contribution is 6.35. The predicted molar refractivity (Wildman–Crippen MR) is 74.8 cm³/mol. The van der Waals surface area contributed by atoms with Crippen molar-refractivity contribution in [3.05, 3.63) is 47.1 Å². The Morgan fingerprint density at radius 3 is 2.65 bits per heavy atom. The molecule has 3 N–H and O–H groups in total. The van der Waals surface area contributed by atoms with E-state index in [2.05, 4.69) is 10.1 Å². The van der Waals surface area contributed by atoms with Crippen LogP contribution in [0.1, 0.15) is 5.56 Å². The Bertz CT molecular complexity index is 647. The SMILES string of the molecule is COc1ccccc1Oc1nccc(/C(N)=N/O)c1Cl. The molecular weight excluding hydrogens is 282 g/mol. The number of oxime groups is 1. The van der Waals surface area contributed by atoms with E-state index in [9.17, 15) is 0 Å². The molecule has 0 saturated heterocycles. The van der Waals surface area contributed by atoms with Gasteiger partial charge in [0.15, 0.2) is 17.3 Å². The van der Waals surface area contributed by atoms with Crippen LogP contribution in [0.2, 0.25) is 5.02 Å². The van der Waals surface area contributed by atoms with Gasteiger partial charge in [-0.25, -0.2) is 4.98 Å². The molecular formula is C13H12ClN3O3. The molecule has 0 aliphatic rings. The largest absolute Gasteiger partial charge is 0.493 e. The number of methoxy groups -OCH3 is 1. The van der Waals surface area contributed by atoms with Crippen LogP contribution in [0.15, 0.2) is 41.7 Å². The number of rotatable bonds is 4. The summed E-state index contributed by atoms with van der Waals surface area (Å²) in [5, 5.41) is 11.7. The molecule has 0 saturated carbocycles. The molecule has 2 rings (SSSR count). The number of pyridine rings is 1. The highest BCUT2D eigenvalue weighted by Gasteiger charge is 2.14. The van der Waals surface area contributed by atoms with Crippen molar-refractivity contribution in [1.29, 1.82) is 0 Å². The van der Waals surface area contributed by atoms with E-state index in [0.717, 1.165) is 0 Å². The number of nitrogens with two attached hydrogens (primary N) is 1. The average molecular weight is 294 g/mol. The van der Waals surface area contributed by atoms with Crippen molar-refractivity contribution in [2.24, 2.45) is 10.9 Å².